The summed E-state index contributed by atoms with van der Waals surface area (Å²) in [6, 6.07) is 0.0357. The second-order valence-electron chi connectivity index (χ2n) is 5.20. The van der Waals surface area contributed by atoms with Crippen LogP contribution in [-0.2, 0) is 4.79 Å². The van der Waals surface area contributed by atoms with E-state index >= 15 is 0 Å². The molecule has 1 atom stereocenters. The Morgan fingerprint density at radius 2 is 2.25 bits per heavy atom. The van der Waals surface area contributed by atoms with Gasteiger partial charge in [-0.15, -0.1) is 0 Å². The Morgan fingerprint density at radius 1 is 1.55 bits per heavy atom. The second kappa shape index (κ2) is 7.82. The van der Waals surface area contributed by atoms with E-state index < -0.39 is 0 Å². The lowest BCUT2D eigenvalue weighted by Gasteiger charge is -2.30. The number of rotatable bonds is 4. The molecule has 1 saturated heterocycles. The molecule has 20 heavy (non-hydrogen) atoms. The Bertz CT molecular complexity index is 415. The molecule has 1 aliphatic heterocycles. The largest absolute Gasteiger partial charge is 0.366 e. The molecule has 112 valence electrons. The van der Waals surface area contributed by atoms with Gasteiger partial charge in [0.25, 0.3) is 0 Å². The zero-order valence-corrected chi connectivity index (χ0v) is 12.5. The van der Waals surface area contributed by atoms with Crippen LogP contribution in [-0.4, -0.2) is 41.8 Å². The van der Waals surface area contributed by atoms with E-state index in [9.17, 15) is 9.18 Å². The van der Waals surface area contributed by atoms with E-state index in [1.54, 1.807) is 11.8 Å². The van der Waals surface area contributed by atoms with Gasteiger partial charge in [-0.1, -0.05) is 6.58 Å². The summed E-state index contributed by atoms with van der Waals surface area (Å²) in [6.07, 6.45) is 4.44. The molecule has 4 nitrogen and oxygen atoms in total. The van der Waals surface area contributed by atoms with E-state index in [0.717, 1.165) is 19.4 Å². The quantitative estimate of drug-likeness (QED) is 0.489. The topological polar surface area (TPSA) is 44.7 Å². The predicted molar refractivity (Wildman–Crippen MR) is 80.4 cm³/mol. The number of hydrogen-bond acceptors (Lipinski definition) is 2. The summed E-state index contributed by atoms with van der Waals surface area (Å²) in [5, 5.41) is 3.02. The fourth-order valence-electron chi connectivity index (χ4n) is 2.15. The smallest absolute Gasteiger partial charge is 0.246 e. The third-order valence-corrected chi connectivity index (χ3v) is 3.10. The Labute approximate surface area is 120 Å². The molecular weight excluding hydrogens is 257 g/mol. The number of nitrogens with one attached hydrogen (secondary N) is 1. The van der Waals surface area contributed by atoms with Gasteiger partial charge in [0.1, 0.15) is 0 Å². The highest BCUT2D eigenvalue weighted by Crippen LogP contribution is 2.15. The van der Waals surface area contributed by atoms with Gasteiger partial charge in [-0.05, 0) is 45.8 Å². The van der Waals surface area contributed by atoms with Gasteiger partial charge in [-0.3, -0.25) is 9.79 Å². The van der Waals surface area contributed by atoms with E-state index in [1.807, 2.05) is 13.8 Å². The lowest BCUT2D eigenvalue weighted by molar-refractivity contribution is -0.127. The number of piperidine rings is 1. The number of carbonyl (C=O) groups is 1. The molecule has 1 N–H and O–H groups in total. The van der Waals surface area contributed by atoms with Crippen LogP contribution in [0.4, 0.5) is 4.39 Å². The second-order valence-corrected chi connectivity index (χ2v) is 5.20. The third-order valence-electron chi connectivity index (χ3n) is 3.10. The molecule has 1 unspecified atom stereocenters. The van der Waals surface area contributed by atoms with Crippen molar-refractivity contribution in [3.63, 3.8) is 0 Å². The summed E-state index contributed by atoms with van der Waals surface area (Å²) in [7, 11) is 0. The van der Waals surface area contributed by atoms with Crippen LogP contribution >= 0.6 is 0 Å². The fraction of sp³-hybridized carbons (Fsp3) is 0.600. The zero-order chi connectivity index (χ0) is 15.1. The van der Waals surface area contributed by atoms with Crippen molar-refractivity contribution in [1.82, 2.24) is 10.2 Å². The van der Waals surface area contributed by atoms with E-state index in [0.29, 0.717) is 6.54 Å². The Balaban J connectivity index is 2.82. The lowest BCUT2D eigenvalue weighted by atomic mass is 10.1. The first-order valence-electron chi connectivity index (χ1n) is 7.05. The molecule has 1 amide bonds. The minimum absolute atomic E-state index is 0.0698. The summed E-state index contributed by atoms with van der Waals surface area (Å²) in [5.74, 6) is -0.166. The van der Waals surface area contributed by atoms with Gasteiger partial charge < -0.3 is 10.2 Å². The number of nitrogens with zero attached hydrogens (tertiary/aromatic N) is 2. The van der Waals surface area contributed by atoms with Gasteiger partial charge in [0, 0.05) is 19.1 Å². The molecule has 1 rings (SSSR count). The molecule has 0 aliphatic carbocycles. The number of aliphatic imine (C=N–C) groups is 1. The number of hydrogen-bond donors (Lipinski definition) is 1. The van der Waals surface area contributed by atoms with Gasteiger partial charge in [0.05, 0.1) is 6.04 Å². The lowest BCUT2D eigenvalue weighted by Crippen LogP contribution is -2.42. The van der Waals surface area contributed by atoms with Gasteiger partial charge in [0.15, 0.2) is 11.7 Å². The Morgan fingerprint density at radius 3 is 2.80 bits per heavy atom. The van der Waals surface area contributed by atoms with Gasteiger partial charge in [0.2, 0.25) is 5.91 Å². The molecule has 0 spiro atoms. The molecule has 0 saturated carbocycles. The van der Waals surface area contributed by atoms with Crippen molar-refractivity contribution in [2.75, 3.05) is 13.1 Å². The van der Waals surface area contributed by atoms with E-state index in [2.05, 4.69) is 16.9 Å². The number of carbonyl (C=O) groups excluding carboxylic acids is 1. The van der Waals surface area contributed by atoms with E-state index in [4.69, 9.17) is 0 Å². The predicted octanol–water partition coefficient (Wildman–Crippen LogP) is 2.43. The molecule has 1 aliphatic rings. The molecular formula is C15H24FN3O. The third kappa shape index (κ3) is 4.79. The highest BCUT2D eigenvalue weighted by atomic mass is 19.1. The first kappa shape index (κ1) is 16.4. The minimum atomic E-state index is -0.356. The normalized spacial score (nSPS) is 21.1. The average molecular weight is 281 g/mol. The SMILES string of the molecule is C=CC(=O)N1CCCC(N=C(NC(C)C)/C(F)=C\C)C1. The molecule has 0 aromatic rings. The molecule has 0 aromatic carbocycles. The summed E-state index contributed by atoms with van der Waals surface area (Å²) in [5.41, 5.74) is 0. The van der Waals surface area contributed by atoms with Gasteiger partial charge in [-0.2, -0.15) is 0 Å². The van der Waals surface area contributed by atoms with E-state index in [1.165, 1.54) is 12.2 Å². The highest BCUT2D eigenvalue weighted by Gasteiger charge is 2.22. The van der Waals surface area contributed by atoms with Crippen molar-refractivity contribution in [2.45, 2.75) is 45.7 Å². The molecule has 0 radical (unpaired) electrons. The summed E-state index contributed by atoms with van der Waals surface area (Å²) < 4.78 is 13.8. The number of amidine groups is 1. The van der Waals surface area contributed by atoms with Gasteiger partial charge >= 0.3 is 0 Å². The molecule has 0 aromatic heterocycles. The summed E-state index contributed by atoms with van der Waals surface area (Å²) in [4.78, 5) is 17.8. The van der Waals surface area contributed by atoms with Crippen molar-refractivity contribution in [3.05, 3.63) is 24.6 Å². The maximum absolute atomic E-state index is 13.8. The first-order valence-corrected chi connectivity index (χ1v) is 7.05. The molecule has 1 fully saturated rings. The molecule has 1 heterocycles. The van der Waals surface area contributed by atoms with Crippen LogP contribution in [0, 0.1) is 0 Å². The average Bonchev–Trinajstić information content (AvgIpc) is 2.44. The van der Waals surface area contributed by atoms with Crippen LogP contribution in [0.15, 0.2) is 29.6 Å². The summed E-state index contributed by atoms with van der Waals surface area (Å²) >= 11 is 0. The van der Waals surface area contributed by atoms with Crippen LogP contribution in [0.1, 0.15) is 33.6 Å². The maximum Gasteiger partial charge on any atom is 0.246 e. The minimum Gasteiger partial charge on any atom is -0.366 e. The standard InChI is InChI=1S/C15H24FN3O/c1-5-13(16)15(17-11(3)4)18-12-8-7-9-19(10-12)14(20)6-2/h5-6,11-12H,2,7-10H2,1,3-4H3,(H,17,18)/b13-5+. The van der Waals surface area contributed by atoms with Crippen LogP contribution in [0.25, 0.3) is 0 Å². The van der Waals surface area contributed by atoms with Crippen molar-refractivity contribution >= 4 is 11.7 Å². The van der Waals surface area contributed by atoms with Crippen LogP contribution in [0.5, 0.6) is 0 Å². The fourth-order valence-corrected chi connectivity index (χ4v) is 2.15. The van der Waals surface area contributed by atoms with Crippen LogP contribution in [0.3, 0.4) is 0 Å². The maximum atomic E-state index is 13.8. The monoisotopic (exact) mass is 281 g/mol. The van der Waals surface area contributed by atoms with Crippen molar-refractivity contribution in [1.29, 1.82) is 0 Å². The van der Waals surface area contributed by atoms with Crippen molar-refractivity contribution in [2.24, 2.45) is 4.99 Å². The van der Waals surface area contributed by atoms with Crippen LogP contribution < -0.4 is 5.32 Å². The van der Waals surface area contributed by atoms with Crippen molar-refractivity contribution in [3.8, 4) is 0 Å². The zero-order valence-electron chi connectivity index (χ0n) is 12.5. The number of amides is 1. The van der Waals surface area contributed by atoms with E-state index in [-0.39, 0.29) is 29.7 Å². The van der Waals surface area contributed by atoms with Crippen LogP contribution in [0.2, 0.25) is 0 Å². The van der Waals surface area contributed by atoms with Crippen molar-refractivity contribution < 1.29 is 9.18 Å². The summed E-state index contributed by atoms with van der Waals surface area (Å²) in [6.45, 7) is 10.2. The Kier molecular flexibility index (Phi) is 6.42. The molecule has 0 bridgehead atoms. The number of allylic oxidation sites excluding steroid dienone is 1. The Hall–Kier alpha value is -1.65. The first-order chi connectivity index (χ1) is 9.47. The van der Waals surface area contributed by atoms with Gasteiger partial charge in [-0.25, -0.2) is 4.39 Å². The number of halogens is 1. The molecule has 5 heteroatoms. The number of likely N-dealkylation sites (tertiary alicyclic amines) is 1. The highest BCUT2D eigenvalue weighted by molar-refractivity contribution is 5.96.